The average molecular weight is 319 g/mol. The van der Waals surface area contributed by atoms with Gasteiger partial charge in [0.2, 0.25) is 0 Å². The molecule has 2 aromatic carbocycles. The number of rotatable bonds is 3. The summed E-state index contributed by atoms with van der Waals surface area (Å²) in [6.07, 6.45) is 7.61. The third-order valence-corrected chi connectivity index (χ3v) is 4.99. The molecule has 3 nitrogen and oxygen atoms in total. The van der Waals surface area contributed by atoms with E-state index >= 15 is 0 Å². The monoisotopic (exact) mass is 319 g/mol. The molecule has 24 heavy (non-hydrogen) atoms. The van der Waals surface area contributed by atoms with Gasteiger partial charge in [-0.2, -0.15) is 0 Å². The number of hydrogen-bond acceptors (Lipinski definition) is 3. The van der Waals surface area contributed by atoms with Crippen LogP contribution < -0.4 is 9.47 Å². The molecule has 1 unspecified atom stereocenters. The van der Waals surface area contributed by atoms with Crippen LogP contribution in [0.1, 0.15) is 29.5 Å². The highest BCUT2D eigenvalue weighted by atomic mass is 16.5. The van der Waals surface area contributed by atoms with E-state index in [1.165, 1.54) is 16.7 Å². The molecule has 1 aliphatic heterocycles. The summed E-state index contributed by atoms with van der Waals surface area (Å²) in [5.41, 5.74) is 4.50. The van der Waals surface area contributed by atoms with Crippen LogP contribution in [-0.4, -0.2) is 19.9 Å². The molecule has 2 aromatic rings. The van der Waals surface area contributed by atoms with E-state index in [0.29, 0.717) is 0 Å². The molecular formula is C21H21NO2. The zero-order chi connectivity index (χ0) is 16.6. The molecule has 0 N–H and O–H groups in total. The topological polar surface area (TPSA) is 30.8 Å². The van der Waals surface area contributed by atoms with Crippen molar-refractivity contribution in [3.05, 3.63) is 71.3 Å². The summed E-state index contributed by atoms with van der Waals surface area (Å²) in [7, 11) is 3.37. The number of aliphatic imine (C=N–C) groups is 1. The molecule has 0 amide bonds. The van der Waals surface area contributed by atoms with Crippen LogP contribution in [0.15, 0.2) is 59.6 Å². The lowest BCUT2D eigenvalue weighted by Crippen LogP contribution is -2.26. The first-order chi connectivity index (χ1) is 11.8. The lowest BCUT2D eigenvalue weighted by atomic mass is 9.77. The predicted molar refractivity (Wildman–Crippen MR) is 96.3 cm³/mol. The Bertz CT molecular complexity index is 823. The molecule has 3 heteroatoms. The molecule has 1 aliphatic carbocycles. The second kappa shape index (κ2) is 5.82. The van der Waals surface area contributed by atoms with Crippen molar-refractivity contribution < 1.29 is 9.47 Å². The Balaban J connectivity index is 1.83. The second-order valence-electron chi connectivity index (χ2n) is 6.34. The second-order valence-corrected chi connectivity index (χ2v) is 6.34. The minimum absolute atomic E-state index is 0.266. The highest BCUT2D eigenvalue weighted by Gasteiger charge is 2.38. The normalized spacial score (nSPS) is 21.5. The van der Waals surface area contributed by atoms with Gasteiger partial charge in [-0.3, -0.25) is 4.99 Å². The van der Waals surface area contributed by atoms with Gasteiger partial charge in [-0.1, -0.05) is 36.4 Å². The summed E-state index contributed by atoms with van der Waals surface area (Å²) in [5, 5.41) is 0. The molecule has 1 spiro atoms. The number of allylic oxidation sites excluding steroid dienone is 1. The van der Waals surface area contributed by atoms with Crippen molar-refractivity contribution in [2.75, 3.05) is 14.2 Å². The van der Waals surface area contributed by atoms with E-state index < -0.39 is 0 Å². The Morgan fingerprint density at radius 3 is 2.50 bits per heavy atom. The fraction of sp³-hybridized carbons (Fsp3) is 0.286. The molecule has 0 saturated heterocycles. The van der Waals surface area contributed by atoms with Gasteiger partial charge in [0.25, 0.3) is 0 Å². The number of methoxy groups -OCH3 is 2. The Morgan fingerprint density at radius 1 is 1.00 bits per heavy atom. The number of ether oxygens (including phenoxy) is 2. The molecule has 0 aromatic heterocycles. The van der Waals surface area contributed by atoms with Gasteiger partial charge in [0.15, 0.2) is 11.5 Å². The van der Waals surface area contributed by atoms with Crippen molar-refractivity contribution in [3.63, 3.8) is 0 Å². The Kier molecular flexibility index (Phi) is 3.64. The molecule has 1 atom stereocenters. The largest absolute Gasteiger partial charge is 0.493 e. The fourth-order valence-corrected chi connectivity index (χ4v) is 3.78. The van der Waals surface area contributed by atoms with Crippen LogP contribution in [-0.2, 0) is 12.0 Å². The molecule has 1 heterocycles. The molecule has 0 saturated carbocycles. The zero-order valence-electron chi connectivity index (χ0n) is 14.1. The molecule has 122 valence electrons. The average Bonchev–Trinajstić information content (AvgIpc) is 3.06. The highest BCUT2D eigenvalue weighted by molar-refractivity contribution is 6.10. The number of benzene rings is 2. The maximum Gasteiger partial charge on any atom is 0.161 e. The summed E-state index contributed by atoms with van der Waals surface area (Å²) in [4.78, 5) is 5.13. The summed E-state index contributed by atoms with van der Waals surface area (Å²) in [6.45, 7) is 0. The molecule has 0 radical (unpaired) electrons. The van der Waals surface area contributed by atoms with Gasteiger partial charge >= 0.3 is 0 Å². The van der Waals surface area contributed by atoms with Crippen molar-refractivity contribution in [1.82, 2.24) is 0 Å². The standard InChI is InChI=1S/C21H21NO2/c1-23-19-13-16-9-6-11-21(17(16)14-20(19)24-2)12-10-18(22-21)15-7-4-3-5-8-15/h3-5,7-8,10,12-14H,6,9,11H2,1-2H3. The summed E-state index contributed by atoms with van der Waals surface area (Å²) >= 11 is 0. The van der Waals surface area contributed by atoms with Crippen LogP contribution in [0.3, 0.4) is 0 Å². The van der Waals surface area contributed by atoms with Crippen LogP contribution in [0, 0.1) is 0 Å². The van der Waals surface area contributed by atoms with Crippen LogP contribution in [0.25, 0.3) is 0 Å². The smallest absolute Gasteiger partial charge is 0.161 e. The third-order valence-electron chi connectivity index (χ3n) is 4.99. The zero-order valence-corrected chi connectivity index (χ0v) is 14.1. The van der Waals surface area contributed by atoms with Crippen molar-refractivity contribution in [1.29, 1.82) is 0 Å². The fourth-order valence-electron chi connectivity index (χ4n) is 3.78. The van der Waals surface area contributed by atoms with Crippen molar-refractivity contribution in [2.45, 2.75) is 24.8 Å². The van der Waals surface area contributed by atoms with E-state index in [1.807, 2.05) is 6.07 Å². The van der Waals surface area contributed by atoms with Crippen LogP contribution >= 0.6 is 0 Å². The van der Waals surface area contributed by atoms with Crippen molar-refractivity contribution in [2.24, 2.45) is 4.99 Å². The quantitative estimate of drug-likeness (QED) is 0.845. The van der Waals surface area contributed by atoms with Crippen molar-refractivity contribution >= 4 is 5.71 Å². The number of fused-ring (bicyclic) bond motifs is 2. The first kappa shape index (κ1) is 15.0. The van der Waals surface area contributed by atoms with Gasteiger partial charge < -0.3 is 9.47 Å². The van der Waals surface area contributed by atoms with E-state index in [-0.39, 0.29) is 5.54 Å². The lowest BCUT2D eigenvalue weighted by Gasteiger charge is -2.32. The van der Waals surface area contributed by atoms with Crippen LogP contribution in [0.5, 0.6) is 11.5 Å². The van der Waals surface area contributed by atoms with Crippen LogP contribution in [0.2, 0.25) is 0 Å². The Labute approximate surface area is 142 Å². The minimum Gasteiger partial charge on any atom is -0.493 e. The van der Waals surface area contributed by atoms with E-state index in [9.17, 15) is 0 Å². The van der Waals surface area contributed by atoms with Crippen molar-refractivity contribution in [3.8, 4) is 11.5 Å². The summed E-state index contributed by atoms with van der Waals surface area (Å²) in [6, 6.07) is 14.6. The minimum atomic E-state index is -0.266. The Morgan fingerprint density at radius 2 is 1.75 bits per heavy atom. The van der Waals surface area contributed by atoms with E-state index in [4.69, 9.17) is 14.5 Å². The van der Waals surface area contributed by atoms with E-state index in [2.05, 4.69) is 48.6 Å². The molecular weight excluding hydrogens is 298 g/mol. The van der Waals surface area contributed by atoms with Gasteiger partial charge in [-0.15, -0.1) is 0 Å². The molecule has 0 fully saturated rings. The number of hydrogen-bond donors (Lipinski definition) is 0. The van der Waals surface area contributed by atoms with E-state index in [1.54, 1.807) is 14.2 Å². The predicted octanol–water partition coefficient (Wildman–Crippen LogP) is 4.29. The number of aryl methyl sites for hydroxylation is 1. The lowest BCUT2D eigenvalue weighted by molar-refractivity contribution is 0.351. The summed E-state index contributed by atoms with van der Waals surface area (Å²) in [5.74, 6) is 1.57. The first-order valence-electron chi connectivity index (χ1n) is 8.36. The van der Waals surface area contributed by atoms with Gasteiger partial charge in [0, 0.05) is 0 Å². The molecule has 4 rings (SSSR count). The maximum atomic E-state index is 5.52. The van der Waals surface area contributed by atoms with Gasteiger partial charge in [0.1, 0.15) is 5.54 Å². The third kappa shape index (κ3) is 2.32. The molecule has 2 aliphatic rings. The van der Waals surface area contributed by atoms with Gasteiger partial charge in [-0.05, 0) is 54.2 Å². The van der Waals surface area contributed by atoms with Gasteiger partial charge in [0.05, 0.1) is 19.9 Å². The maximum absolute atomic E-state index is 5.52. The van der Waals surface area contributed by atoms with Crippen LogP contribution in [0.4, 0.5) is 0 Å². The first-order valence-corrected chi connectivity index (χ1v) is 8.36. The highest BCUT2D eigenvalue weighted by Crippen LogP contribution is 2.46. The SMILES string of the molecule is COc1cc2c(cc1OC)C1(C=CC(c3ccccc3)=N1)CCC2. The molecule has 0 bridgehead atoms. The number of nitrogens with zero attached hydrogens (tertiary/aromatic N) is 1. The Hall–Kier alpha value is -2.55. The van der Waals surface area contributed by atoms with Gasteiger partial charge in [-0.25, -0.2) is 0 Å². The summed E-state index contributed by atoms with van der Waals surface area (Å²) < 4.78 is 11.0. The van der Waals surface area contributed by atoms with E-state index in [0.717, 1.165) is 36.5 Å².